The van der Waals surface area contributed by atoms with Crippen molar-refractivity contribution in [1.82, 2.24) is 10.2 Å². The van der Waals surface area contributed by atoms with Crippen LogP contribution < -0.4 is 5.32 Å². The lowest BCUT2D eigenvalue weighted by molar-refractivity contribution is -0.137. The van der Waals surface area contributed by atoms with Gasteiger partial charge in [0.2, 0.25) is 0 Å². The Morgan fingerprint density at radius 1 is 1.26 bits per heavy atom. The summed E-state index contributed by atoms with van der Waals surface area (Å²) in [6.07, 6.45) is 1.27. The SMILES string of the molecule is CCCNC(CN(C)CCC(F)(F)F)C1CCCC1. The van der Waals surface area contributed by atoms with Crippen molar-refractivity contribution in [3.8, 4) is 0 Å². The standard InChI is InChI=1S/C14H27F3N2/c1-3-9-18-13(12-6-4-5-7-12)11-19(2)10-8-14(15,16)17/h12-13,18H,3-11H2,1-2H3. The Labute approximate surface area is 114 Å². The lowest BCUT2D eigenvalue weighted by Gasteiger charge is -2.29. The first-order valence-electron chi connectivity index (χ1n) is 7.41. The van der Waals surface area contributed by atoms with Crippen LogP contribution in [-0.2, 0) is 0 Å². The normalized spacial score (nSPS) is 19.3. The number of nitrogens with zero attached hydrogens (tertiary/aromatic N) is 1. The molecule has 0 aromatic rings. The van der Waals surface area contributed by atoms with Gasteiger partial charge in [0.05, 0.1) is 6.42 Å². The molecule has 1 rings (SSSR count). The Hall–Kier alpha value is -0.290. The van der Waals surface area contributed by atoms with Crippen molar-refractivity contribution in [2.45, 2.75) is 57.7 Å². The van der Waals surface area contributed by atoms with Crippen molar-refractivity contribution >= 4 is 0 Å². The predicted octanol–water partition coefficient (Wildman–Crippen LogP) is 3.43. The van der Waals surface area contributed by atoms with Gasteiger partial charge in [0.1, 0.15) is 0 Å². The summed E-state index contributed by atoms with van der Waals surface area (Å²) < 4.78 is 36.6. The molecule has 0 spiro atoms. The van der Waals surface area contributed by atoms with Crippen molar-refractivity contribution in [3.05, 3.63) is 0 Å². The van der Waals surface area contributed by atoms with Gasteiger partial charge in [0.25, 0.3) is 0 Å². The average Bonchev–Trinajstić information content (AvgIpc) is 2.84. The lowest BCUT2D eigenvalue weighted by Crippen LogP contribution is -2.44. The molecule has 1 saturated carbocycles. The van der Waals surface area contributed by atoms with Crippen LogP contribution >= 0.6 is 0 Å². The third-order valence-electron chi connectivity index (χ3n) is 3.91. The summed E-state index contributed by atoms with van der Waals surface area (Å²) in [4.78, 5) is 1.82. The molecule has 0 aromatic heterocycles. The van der Waals surface area contributed by atoms with Crippen molar-refractivity contribution in [2.75, 3.05) is 26.7 Å². The van der Waals surface area contributed by atoms with E-state index in [1.54, 1.807) is 7.05 Å². The minimum Gasteiger partial charge on any atom is -0.312 e. The fourth-order valence-corrected chi connectivity index (χ4v) is 2.81. The molecular formula is C14H27F3N2. The number of hydrogen-bond acceptors (Lipinski definition) is 2. The maximum atomic E-state index is 12.2. The van der Waals surface area contributed by atoms with E-state index in [2.05, 4.69) is 12.2 Å². The monoisotopic (exact) mass is 280 g/mol. The lowest BCUT2D eigenvalue weighted by atomic mass is 9.97. The molecule has 1 aliphatic carbocycles. The second kappa shape index (κ2) is 8.10. The van der Waals surface area contributed by atoms with E-state index in [0.717, 1.165) is 19.5 Å². The maximum absolute atomic E-state index is 12.2. The quantitative estimate of drug-likeness (QED) is 0.733. The van der Waals surface area contributed by atoms with E-state index >= 15 is 0 Å². The van der Waals surface area contributed by atoms with Gasteiger partial charge in [-0.25, -0.2) is 0 Å². The van der Waals surface area contributed by atoms with Gasteiger partial charge in [-0.2, -0.15) is 13.2 Å². The maximum Gasteiger partial charge on any atom is 0.390 e. The fourth-order valence-electron chi connectivity index (χ4n) is 2.81. The van der Waals surface area contributed by atoms with E-state index < -0.39 is 12.6 Å². The molecule has 0 radical (unpaired) electrons. The van der Waals surface area contributed by atoms with Crippen molar-refractivity contribution in [1.29, 1.82) is 0 Å². The van der Waals surface area contributed by atoms with Crippen molar-refractivity contribution in [3.63, 3.8) is 0 Å². The molecule has 1 atom stereocenters. The molecule has 0 heterocycles. The molecule has 2 nitrogen and oxygen atoms in total. The summed E-state index contributed by atoms with van der Waals surface area (Å²) in [6, 6.07) is 0.348. The summed E-state index contributed by atoms with van der Waals surface area (Å²) in [5.74, 6) is 0.639. The van der Waals surface area contributed by atoms with Gasteiger partial charge in [-0.05, 0) is 38.8 Å². The van der Waals surface area contributed by atoms with Crippen LogP contribution in [0.15, 0.2) is 0 Å². The number of hydrogen-bond donors (Lipinski definition) is 1. The predicted molar refractivity (Wildman–Crippen MR) is 72.2 cm³/mol. The third-order valence-corrected chi connectivity index (χ3v) is 3.91. The summed E-state index contributed by atoms with van der Waals surface area (Å²) in [5, 5.41) is 3.52. The molecule has 1 N–H and O–H groups in total. The molecule has 1 fully saturated rings. The van der Waals surface area contributed by atoms with Crippen LogP contribution in [0, 0.1) is 5.92 Å². The van der Waals surface area contributed by atoms with Crippen molar-refractivity contribution < 1.29 is 13.2 Å². The first kappa shape index (κ1) is 16.8. The molecule has 5 heteroatoms. The molecule has 19 heavy (non-hydrogen) atoms. The third kappa shape index (κ3) is 7.16. The van der Waals surface area contributed by atoms with E-state index in [4.69, 9.17) is 0 Å². The number of nitrogens with one attached hydrogen (secondary N) is 1. The largest absolute Gasteiger partial charge is 0.390 e. The zero-order chi connectivity index (χ0) is 14.3. The summed E-state index contributed by atoms with van der Waals surface area (Å²) in [5.41, 5.74) is 0. The summed E-state index contributed by atoms with van der Waals surface area (Å²) >= 11 is 0. The van der Waals surface area contributed by atoms with Crippen molar-refractivity contribution in [2.24, 2.45) is 5.92 Å². The van der Waals surface area contributed by atoms with Crippen LogP contribution in [0.4, 0.5) is 13.2 Å². The summed E-state index contributed by atoms with van der Waals surface area (Å²) in [7, 11) is 1.79. The molecule has 1 unspecified atom stereocenters. The average molecular weight is 280 g/mol. The second-order valence-electron chi connectivity index (χ2n) is 5.73. The van der Waals surface area contributed by atoms with Gasteiger partial charge < -0.3 is 10.2 Å². The highest BCUT2D eigenvalue weighted by Crippen LogP contribution is 2.28. The Morgan fingerprint density at radius 2 is 1.89 bits per heavy atom. The smallest absolute Gasteiger partial charge is 0.312 e. The molecule has 114 valence electrons. The first-order chi connectivity index (χ1) is 8.92. The first-order valence-corrected chi connectivity index (χ1v) is 7.41. The van der Waals surface area contributed by atoms with E-state index in [1.807, 2.05) is 4.90 Å². The van der Waals surface area contributed by atoms with E-state index in [1.165, 1.54) is 25.7 Å². The van der Waals surface area contributed by atoms with E-state index in [0.29, 0.717) is 12.0 Å². The highest BCUT2D eigenvalue weighted by molar-refractivity contribution is 4.82. The minimum atomic E-state index is -4.05. The highest BCUT2D eigenvalue weighted by atomic mass is 19.4. The second-order valence-corrected chi connectivity index (χ2v) is 5.73. The topological polar surface area (TPSA) is 15.3 Å². The van der Waals surface area contributed by atoms with Crippen LogP contribution in [0.25, 0.3) is 0 Å². The number of likely N-dealkylation sites (N-methyl/N-ethyl adjacent to an activating group) is 1. The van der Waals surface area contributed by atoms with Gasteiger partial charge in [0, 0.05) is 19.1 Å². The molecule has 0 bridgehead atoms. The molecule has 0 amide bonds. The minimum absolute atomic E-state index is 0.0977. The Bertz CT molecular complexity index is 237. The van der Waals surface area contributed by atoms with E-state index in [9.17, 15) is 13.2 Å². The van der Waals surface area contributed by atoms with Gasteiger partial charge in [0.15, 0.2) is 0 Å². The zero-order valence-electron chi connectivity index (χ0n) is 12.1. The Balaban J connectivity index is 2.37. The number of rotatable bonds is 8. The van der Waals surface area contributed by atoms with Crippen LogP contribution in [-0.4, -0.2) is 43.8 Å². The van der Waals surface area contributed by atoms with Gasteiger partial charge >= 0.3 is 6.18 Å². The molecule has 0 aromatic carbocycles. The molecular weight excluding hydrogens is 253 g/mol. The number of halogens is 3. The van der Waals surface area contributed by atoms with Gasteiger partial charge in [-0.1, -0.05) is 19.8 Å². The Kier molecular flexibility index (Phi) is 7.15. The molecule has 0 saturated heterocycles. The molecule has 0 aliphatic heterocycles. The number of alkyl halides is 3. The van der Waals surface area contributed by atoms with Crippen LogP contribution in [0.1, 0.15) is 45.4 Å². The van der Waals surface area contributed by atoms with Crippen LogP contribution in [0.2, 0.25) is 0 Å². The highest BCUT2D eigenvalue weighted by Gasteiger charge is 2.29. The Morgan fingerprint density at radius 3 is 2.42 bits per heavy atom. The van der Waals surface area contributed by atoms with Crippen LogP contribution in [0.3, 0.4) is 0 Å². The fraction of sp³-hybridized carbons (Fsp3) is 1.00. The van der Waals surface area contributed by atoms with E-state index in [-0.39, 0.29) is 6.54 Å². The summed E-state index contributed by atoms with van der Waals surface area (Å²) in [6.45, 7) is 3.89. The zero-order valence-corrected chi connectivity index (χ0v) is 12.1. The molecule has 1 aliphatic rings. The van der Waals surface area contributed by atoms with Gasteiger partial charge in [-0.15, -0.1) is 0 Å². The van der Waals surface area contributed by atoms with Crippen LogP contribution in [0.5, 0.6) is 0 Å². The van der Waals surface area contributed by atoms with Gasteiger partial charge in [-0.3, -0.25) is 0 Å².